The quantitative estimate of drug-likeness (QED) is 0.474. The molecule has 0 saturated heterocycles. The minimum atomic E-state index is 0.864. The lowest BCUT2D eigenvalue weighted by Crippen LogP contribution is -1.88. The first-order chi connectivity index (χ1) is 11.3. The molecule has 112 valence electrons. The first-order valence-corrected chi connectivity index (χ1v) is 7.70. The molecule has 2 heterocycles. The Kier molecular flexibility index (Phi) is 3.16. The molecular formula is C21H17NO. The van der Waals surface area contributed by atoms with Gasteiger partial charge in [0.05, 0.1) is 5.52 Å². The van der Waals surface area contributed by atoms with Crippen molar-refractivity contribution in [1.29, 1.82) is 0 Å². The number of fused-ring (bicyclic) bond motifs is 4. The van der Waals surface area contributed by atoms with Crippen LogP contribution in [0.2, 0.25) is 0 Å². The summed E-state index contributed by atoms with van der Waals surface area (Å²) in [6.07, 6.45) is 10.2. The minimum Gasteiger partial charge on any atom is -0.456 e. The lowest BCUT2D eigenvalue weighted by molar-refractivity contribution is 0.482. The number of hydrogen-bond donors (Lipinski definition) is 1. The van der Waals surface area contributed by atoms with Gasteiger partial charge in [0.25, 0.3) is 0 Å². The molecule has 0 unspecified atom stereocenters. The van der Waals surface area contributed by atoms with Crippen molar-refractivity contribution in [2.75, 3.05) is 0 Å². The Morgan fingerprint density at radius 1 is 1.04 bits per heavy atom. The van der Waals surface area contributed by atoms with Crippen molar-refractivity contribution >= 4 is 35.2 Å². The highest BCUT2D eigenvalue weighted by molar-refractivity contribution is 6.00. The van der Waals surface area contributed by atoms with Crippen LogP contribution >= 0.6 is 0 Å². The van der Waals surface area contributed by atoms with Gasteiger partial charge in [0.2, 0.25) is 0 Å². The smallest absolute Gasteiger partial charge is 0.136 e. The van der Waals surface area contributed by atoms with Gasteiger partial charge < -0.3 is 9.72 Å². The topological polar surface area (TPSA) is 25.0 Å². The number of allylic oxidation sites excluding steroid dienone is 1. The monoisotopic (exact) mass is 299 g/mol. The predicted molar refractivity (Wildman–Crippen MR) is 98.5 cm³/mol. The molecule has 3 aromatic rings. The van der Waals surface area contributed by atoms with Crippen LogP contribution in [0.15, 0.2) is 49.1 Å². The summed E-state index contributed by atoms with van der Waals surface area (Å²) in [5.74, 6) is 1.74. The van der Waals surface area contributed by atoms with Crippen molar-refractivity contribution < 1.29 is 4.74 Å². The van der Waals surface area contributed by atoms with E-state index in [2.05, 4.69) is 41.9 Å². The van der Waals surface area contributed by atoms with Crippen LogP contribution in [0.3, 0.4) is 0 Å². The van der Waals surface area contributed by atoms with E-state index >= 15 is 0 Å². The van der Waals surface area contributed by atoms with Crippen LogP contribution in [0.5, 0.6) is 11.5 Å². The van der Waals surface area contributed by atoms with Crippen molar-refractivity contribution in [3.8, 4) is 11.5 Å². The van der Waals surface area contributed by atoms with Crippen LogP contribution < -0.4 is 4.74 Å². The molecule has 1 aromatic heterocycles. The van der Waals surface area contributed by atoms with E-state index in [0.717, 1.165) is 44.8 Å². The number of rotatable bonds is 2. The van der Waals surface area contributed by atoms with Crippen LogP contribution in [0, 0.1) is 0 Å². The summed E-state index contributed by atoms with van der Waals surface area (Å²) in [5.41, 5.74) is 5.42. The molecule has 0 fully saturated rings. The van der Waals surface area contributed by atoms with E-state index in [4.69, 9.17) is 4.74 Å². The van der Waals surface area contributed by atoms with Crippen LogP contribution in [0.4, 0.5) is 0 Å². The van der Waals surface area contributed by atoms with E-state index in [9.17, 15) is 0 Å². The van der Waals surface area contributed by atoms with E-state index in [1.807, 2.05) is 43.3 Å². The number of aromatic nitrogens is 1. The van der Waals surface area contributed by atoms with Crippen molar-refractivity contribution in [3.63, 3.8) is 0 Å². The number of H-pyrrole nitrogens is 1. The Morgan fingerprint density at radius 3 is 2.74 bits per heavy atom. The Labute approximate surface area is 135 Å². The van der Waals surface area contributed by atoms with Crippen molar-refractivity contribution in [3.05, 3.63) is 71.4 Å². The lowest BCUT2D eigenvalue weighted by atomic mass is 10.1. The first-order valence-electron chi connectivity index (χ1n) is 7.70. The number of ether oxygens (including phenoxy) is 1. The van der Waals surface area contributed by atoms with E-state index in [1.165, 1.54) is 0 Å². The van der Waals surface area contributed by atoms with E-state index in [1.54, 1.807) is 0 Å². The van der Waals surface area contributed by atoms with Crippen molar-refractivity contribution in [1.82, 2.24) is 4.98 Å². The highest BCUT2D eigenvalue weighted by atomic mass is 16.5. The summed E-state index contributed by atoms with van der Waals surface area (Å²) < 4.78 is 6.13. The average Bonchev–Trinajstić information content (AvgIpc) is 2.81. The number of nitrogens with one attached hydrogen (secondary N) is 1. The van der Waals surface area contributed by atoms with Gasteiger partial charge in [0, 0.05) is 27.8 Å². The Balaban J connectivity index is 1.99. The zero-order valence-electron chi connectivity index (χ0n) is 13.0. The average molecular weight is 299 g/mol. The molecule has 0 spiro atoms. The molecular weight excluding hydrogens is 282 g/mol. The van der Waals surface area contributed by atoms with Gasteiger partial charge in [-0.1, -0.05) is 43.0 Å². The third-order valence-electron chi connectivity index (χ3n) is 4.15. The van der Waals surface area contributed by atoms with Gasteiger partial charge in [-0.3, -0.25) is 0 Å². The standard InChI is InChI=1S/C21H17NO/c1-3-7-18-15(4-2)16-12-13-20-17(21(16)22-18)11-10-14-8-5-6-9-19(14)23-20/h3-13,22H,2H2,1H3/b7-3-. The van der Waals surface area contributed by atoms with Gasteiger partial charge in [-0.2, -0.15) is 0 Å². The highest BCUT2D eigenvalue weighted by Crippen LogP contribution is 2.39. The highest BCUT2D eigenvalue weighted by Gasteiger charge is 2.16. The van der Waals surface area contributed by atoms with Crippen LogP contribution in [-0.4, -0.2) is 4.98 Å². The van der Waals surface area contributed by atoms with Gasteiger partial charge in [-0.15, -0.1) is 0 Å². The molecule has 0 radical (unpaired) electrons. The molecule has 1 N–H and O–H groups in total. The fraction of sp³-hybridized carbons (Fsp3) is 0.0476. The molecule has 4 rings (SSSR count). The molecule has 23 heavy (non-hydrogen) atoms. The van der Waals surface area contributed by atoms with Gasteiger partial charge in [-0.25, -0.2) is 0 Å². The summed E-state index contributed by atoms with van der Waals surface area (Å²) in [5, 5.41) is 1.16. The van der Waals surface area contributed by atoms with E-state index in [-0.39, 0.29) is 0 Å². The molecule has 2 heteroatoms. The fourth-order valence-corrected chi connectivity index (χ4v) is 3.08. The fourth-order valence-electron chi connectivity index (χ4n) is 3.08. The third-order valence-corrected chi connectivity index (χ3v) is 4.15. The second kappa shape index (κ2) is 5.33. The number of para-hydroxylation sites is 1. The van der Waals surface area contributed by atoms with E-state index in [0.29, 0.717) is 0 Å². The molecule has 0 bridgehead atoms. The first kappa shape index (κ1) is 13.6. The maximum atomic E-state index is 6.13. The zero-order chi connectivity index (χ0) is 15.8. The molecule has 2 aromatic carbocycles. The SMILES string of the molecule is C=Cc1c(/C=C\C)[nH]c2c3c(ccc12)Oc1ccccc1C=C3. The number of hydrogen-bond acceptors (Lipinski definition) is 1. The molecule has 0 atom stereocenters. The van der Waals surface area contributed by atoms with E-state index < -0.39 is 0 Å². The summed E-state index contributed by atoms with van der Waals surface area (Å²) in [4.78, 5) is 3.51. The normalized spacial score (nSPS) is 12.7. The molecule has 0 saturated carbocycles. The van der Waals surface area contributed by atoms with Crippen LogP contribution in [0.25, 0.3) is 35.2 Å². The second-order valence-electron chi connectivity index (χ2n) is 5.53. The summed E-state index contributed by atoms with van der Waals surface area (Å²) in [6, 6.07) is 12.2. The Morgan fingerprint density at radius 2 is 1.91 bits per heavy atom. The number of aromatic amines is 1. The largest absolute Gasteiger partial charge is 0.456 e. The summed E-state index contributed by atoms with van der Waals surface area (Å²) >= 11 is 0. The molecule has 0 amide bonds. The maximum absolute atomic E-state index is 6.13. The van der Waals surface area contributed by atoms with Crippen molar-refractivity contribution in [2.24, 2.45) is 0 Å². The van der Waals surface area contributed by atoms with Gasteiger partial charge in [0.15, 0.2) is 0 Å². The van der Waals surface area contributed by atoms with Crippen LogP contribution in [0.1, 0.15) is 29.3 Å². The van der Waals surface area contributed by atoms with Gasteiger partial charge >= 0.3 is 0 Å². The predicted octanol–water partition coefficient (Wildman–Crippen LogP) is 6.12. The minimum absolute atomic E-state index is 0.864. The van der Waals surface area contributed by atoms with Gasteiger partial charge in [0.1, 0.15) is 11.5 Å². The molecule has 2 nitrogen and oxygen atoms in total. The Bertz CT molecular complexity index is 973. The van der Waals surface area contributed by atoms with Crippen molar-refractivity contribution in [2.45, 2.75) is 6.92 Å². The second-order valence-corrected chi connectivity index (χ2v) is 5.53. The zero-order valence-corrected chi connectivity index (χ0v) is 13.0. The van der Waals surface area contributed by atoms with Crippen LogP contribution in [-0.2, 0) is 0 Å². The maximum Gasteiger partial charge on any atom is 0.136 e. The summed E-state index contributed by atoms with van der Waals surface area (Å²) in [7, 11) is 0. The number of benzene rings is 2. The molecule has 1 aliphatic heterocycles. The van der Waals surface area contributed by atoms with Gasteiger partial charge in [-0.05, 0) is 37.3 Å². The third kappa shape index (κ3) is 2.11. The molecule has 0 aliphatic carbocycles. The molecule has 1 aliphatic rings. The lowest BCUT2D eigenvalue weighted by Gasteiger charge is -2.09. The Hall–Kier alpha value is -3.00. The summed E-state index contributed by atoms with van der Waals surface area (Å²) in [6.45, 7) is 5.97.